The van der Waals surface area contributed by atoms with Gasteiger partial charge in [-0.05, 0) is 196 Å². The Labute approximate surface area is 300 Å². The summed E-state index contributed by atoms with van der Waals surface area (Å²) < 4.78 is 87.4. The summed E-state index contributed by atoms with van der Waals surface area (Å²) in [5, 5.41) is 0. The van der Waals surface area contributed by atoms with Crippen molar-refractivity contribution in [3.05, 3.63) is 95.2 Å². The molecule has 13 heteroatoms. The van der Waals surface area contributed by atoms with E-state index >= 15 is 0 Å². The Morgan fingerprint density at radius 2 is 0.927 bits per heavy atom. The van der Waals surface area contributed by atoms with Crippen molar-refractivity contribution in [3.63, 3.8) is 0 Å². The Morgan fingerprint density at radius 3 is 1.32 bits per heavy atom. The molecule has 0 aliphatic heterocycles. The van der Waals surface area contributed by atoms with E-state index in [0.717, 1.165) is 42.5 Å². The lowest BCUT2D eigenvalue weighted by Crippen LogP contribution is -2.18. The molecule has 0 atom stereocenters. The lowest BCUT2D eigenvalue weighted by atomic mass is 9.95. The van der Waals surface area contributed by atoms with Crippen molar-refractivity contribution in [2.24, 2.45) is 0 Å². The highest BCUT2D eigenvalue weighted by Crippen LogP contribution is 2.39. The molecule has 0 bridgehead atoms. The molecule has 0 radical (unpaired) electrons. The number of halogens is 11. The average Bonchev–Trinajstić information content (AvgIpc) is 2.82. The van der Waals surface area contributed by atoms with Crippen LogP contribution in [0.5, 0.6) is 11.5 Å². The Balaban J connectivity index is 1.55. The zero-order chi connectivity index (χ0) is 30.3. The lowest BCUT2D eigenvalue weighted by molar-refractivity contribution is -0.276. The third-order valence-electron chi connectivity index (χ3n) is 5.79. The average molecular weight is 1130 g/mol. The molecular weight excluding hydrogens is 1120 g/mol. The van der Waals surface area contributed by atoms with Crippen LogP contribution in [0.2, 0.25) is 0 Å². The quantitative estimate of drug-likeness (QED) is 0.142. The molecule has 0 aliphatic rings. The van der Waals surface area contributed by atoms with E-state index in [1.54, 1.807) is 24.3 Å². The molecule has 0 saturated heterocycles. The Hall–Kier alpha value is -0.290. The van der Waals surface area contributed by atoms with Crippen LogP contribution in [0.4, 0.5) is 26.3 Å². The van der Waals surface area contributed by atoms with Gasteiger partial charge in [-0.25, -0.2) is 0 Å². The van der Waals surface area contributed by atoms with Crippen molar-refractivity contribution in [1.29, 1.82) is 0 Å². The van der Waals surface area contributed by atoms with Crippen LogP contribution in [-0.2, 0) is 6.42 Å². The van der Waals surface area contributed by atoms with Crippen molar-refractivity contribution in [1.82, 2.24) is 0 Å². The molecule has 0 saturated carbocycles. The van der Waals surface area contributed by atoms with Crippen molar-refractivity contribution >= 4 is 113 Å². The summed E-state index contributed by atoms with van der Waals surface area (Å²) in [6, 6.07) is 18.7. The summed E-state index contributed by atoms with van der Waals surface area (Å²) in [7, 11) is 0. The van der Waals surface area contributed by atoms with Crippen LogP contribution in [0.1, 0.15) is 16.7 Å². The normalized spacial score (nSPS) is 12.0. The molecule has 4 rings (SSSR count). The molecule has 0 aliphatic carbocycles. The molecule has 0 N–H and O–H groups in total. The van der Waals surface area contributed by atoms with Crippen molar-refractivity contribution in [2.75, 3.05) is 0 Å². The molecule has 4 aromatic carbocycles. The van der Waals surface area contributed by atoms with E-state index < -0.39 is 12.7 Å². The van der Waals surface area contributed by atoms with Gasteiger partial charge in [0, 0.05) is 3.57 Å². The predicted octanol–water partition coefficient (Wildman–Crippen LogP) is 11.7. The smallest absolute Gasteiger partial charge is 0.404 e. The fraction of sp³-hybridized carbons (Fsp3) is 0.143. The lowest BCUT2D eigenvalue weighted by Gasteiger charge is -2.16. The summed E-state index contributed by atoms with van der Waals surface area (Å²) in [6.07, 6.45) is -8.87. The summed E-state index contributed by atoms with van der Waals surface area (Å²) >= 11 is 9.62. The van der Waals surface area contributed by atoms with Crippen LogP contribution in [0.3, 0.4) is 0 Å². The summed E-state index contributed by atoms with van der Waals surface area (Å²) in [6.45, 7) is 1.96. The number of ether oxygens (including phenoxy) is 2. The standard InChI is InChI=1S/C28H15F6I5O2/c1-13-6-14(2-4-18(13)16-9-21(36)25(22(37)10-16)40-27(29,30)31)7-15-3-5-19(20(35)8-15)17-11-23(38)26(24(39)12-17)41-28(32,33)34/h2-6,8-12H,7H2,1H3. The van der Waals surface area contributed by atoms with Gasteiger partial charge in [0.25, 0.3) is 0 Å². The van der Waals surface area contributed by atoms with Gasteiger partial charge in [-0.3, -0.25) is 0 Å². The highest BCUT2D eigenvalue weighted by Gasteiger charge is 2.34. The molecule has 0 fully saturated rings. The van der Waals surface area contributed by atoms with Gasteiger partial charge in [0.15, 0.2) is 11.5 Å². The largest absolute Gasteiger partial charge is 0.573 e. The highest BCUT2D eigenvalue weighted by molar-refractivity contribution is 14.1. The molecule has 41 heavy (non-hydrogen) atoms. The van der Waals surface area contributed by atoms with Gasteiger partial charge in [0.2, 0.25) is 0 Å². The molecule has 0 unspecified atom stereocenters. The van der Waals surface area contributed by atoms with Gasteiger partial charge < -0.3 is 9.47 Å². The van der Waals surface area contributed by atoms with Gasteiger partial charge in [-0.1, -0.05) is 30.3 Å². The van der Waals surface area contributed by atoms with E-state index in [1.807, 2.05) is 128 Å². The van der Waals surface area contributed by atoms with Crippen molar-refractivity contribution in [3.8, 4) is 33.8 Å². The number of alkyl halides is 6. The number of benzene rings is 4. The molecular formula is C28H15F6I5O2. The Kier molecular flexibility index (Phi) is 11.0. The van der Waals surface area contributed by atoms with Crippen molar-refractivity contribution < 1.29 is 35.8 Å². The van der Waals surface area contributed by atoms with Crippen LogP contribution < -0.4 is 9.47 Å². The maximum absolute atomic E-state index is 12.8. The van der Waals surface area contributed by atoms with Gasteiger partial charge >= 0.3 is 12.7 Å². The van der Waals surface area contributed by atoms with Crippen LogP contribution in [-0.4, -0.2) is 12.7 Å². The Bertz CT molecular complexity index is 1450. The van der Waals surface area contributed by atoms with E-state index in [0.29, 0.717) is 20.7 Å². The first-order chi connectivity index (χ1) is 19.0. The minimum absolute atomic E-state index is 0.204. The summed E-state index contributed by atoms with van der Waals surface area (Å²) in [4.78, 5) is 0. The Morgan fingerprint density at radius 1 is 0.537 bits per heavy atom. The number of aryl methyl sites for hydroxylation is 1. The topological polar surface area (TPSA) is 18.5 Å². The second-order valence-corrected chi connectivity index (χ2v) is 14.6. The molecule has 4 aromatic rings. The summed E-state index contributed by atoms with van der Waals surface area (Å²) in [5.74, 6) is -0.410. The van der Waals surface area contributed by atoms with Gasteiger partial charge in [0.1, 0.15) is 0 Å². The van der Waals surface area contributed by atoms with Crippen LogP contribution >= 0.6 is 113 Å². The first-order valence-electron chi connectivity index (χ1n) is 11.4. The minimum atomic E-state index is -4.76. The fourth-order valence-corrected chi connectivity index (χ4v) is 9.02. The number of rotatable bonds is 6. The number of hydrogen-bond acceptors (Lipinski definition) is 2. The van der Waals surface area contributed by atoms with Gasteiger partial charge in [-0.2, -0.15) is 0 Å². The predicted molar refractivity (Wildman–Crippen MR) is 188 cm³/mol. The molecule has 2 nitrogen and oxygen atoms in total. The number of hydrogen-bond donors (Lipinski definition) is 0. The van der Waals surface area contributed by atoms with E-state index in [-0.39, 0.29) is 11.5 Å². The fourth-order valence-electron chi connectivity index (χ4n) is 4.16. The molecule has 0 aromatic heterocycles. The van der Waals surface area contributed by atoms with Gasteiger partial charge in [0.05, 0.1) is 14.3 Å². The summed E-state index contributed by atoms with van der Waals surface area (Å²) in [5.41, 5.74) is 6.51. The highest BCUT2D eigenvalue weighted by atomic mass is 127. The molecule has 216 valence electrons. The second kappa shape index (κ2) is 13.4. The SMILES string of the molecule is Cc1cc(Cc2ccc(-c3cc(I)c(OC(F)(F)F)c(I)c3)c(I)c2)ccc1-c1cc(I)c(OC(F)(F)F)c(I)c1. The van der Waals surface area contributed by atoms with E-state index in [4.69, 9.17) is 0 Å². The van der Waals surface area contributed by atoms with E-state index in [2.05, 4.69) is 38.1 Å². The minimum Gasteiger partial charge on any atom is -0.404 e. The maximum Gasteiger partial charge on any atom is 0.573 e. The van der Waals surface area contributed by atoms with Crippen LogP contribution in [0.25, 0.3) is 22.3 Å². The first-order valence-corrected chi connectivity index (χ1v) is 16.8. The zero-order valence-electron chi connectivity index (χ0n) is 20.5. The van der Waals surface area contributed by atoms with E-state index in [9.17, 15) is 26.3 Å². The first kappa shape index (κ1) is 33.6. The molecule has 0 spiro atoms. The van der Waals surface area contributed by atoms with E-state index in [1.165, 1.54) is 0 Å². The van der Waals surface area contributed by atoms with Crippen LogP contribution in [0.15, 0.2) is 60.7 Å². The third kappa shape index (κ3) is 8.89. The second-order valence-electron chi connectivity index (χ2n) is 8.77. The maximum atomic E-state index is 12.8. The van der Waals surface area contributed by atoms with Crippen molar-refractivity contribution in [2.45, 2.75) is 26.1 Å². The third-order valence-corrected chi connectivity index (χ3v) is 9.88. The zero-order valence-corrected chi connectivity index (χ0v) is 31.2. The van der Waals surface area contributed by atoms with Crippen LogP contribution in [0, 0.1) is 24.8 Å². The van der Waals surface area contributed by atoms with Gasteiger partial charge in [-0.15, -0.1) is 26.3 Å². The monoisotopic (exact) mass is 1130 g/mol. The molecule has 0 amide bonds. The molecule has 0 heterocycles.